The van der Waals surface area contributed by atoms with E-state index in [9.17, 15) is 18.4 Å². The molecule has 0 saturated carbocycles. The standard InChI is InChI=1S/C19H17F2NO3S2/c20-15-7-6-14(10-16(15)21)22-17(23)11-25-18(24)12-2-4-13(5-3-12)19-26-8-1-9-27-19/h2-7,10,19H,1,8-9,11H2,(H,22,23). The number of ether oxygens (including phenoxy) is 1. The Morgan fingerprint density at radius 3 is 2.41 bits per heavy atom. The minimum Gasteiger partial charge on any atom is -0.452 e. The smallest absolute Gasteiger partial charge is 0.338 e. The molecule has 0 spiro atoms. The summed E-state index contributed by atoms with van der Waals surface area (Å²) in [6, 6.07) is 10.1. The van der Waals surface area contributed by atoms with Crippen LogP contribution in [-0.2, 0) is 9.53 Å². The normalized spacial score (nSPS) is 14.6. The molecule has 0 aliphatic carbocycles. The Labute approximate surface area is 164 Å². The average Bonchev–Trinajstić information content (AvgIpc) is 2.70. The Hall–Kier alpha value is -2.06. The monoisotopic (exact) mass is 409 g/mol. The first-order valence-electron chi connectivity index (χ1n) is 8.28. The molecular formula is C19H17F2NO3S2. The van der Waals surface area contributed by atoms with Gasteiger partial charge in [0.1, 0.15) is 0 Å². The summed E-state index contributed by atoms with van der Waals surface area (Å²) in [4.78, 5) is 23.9. The first-order chi connectivity index (χ1) is 13.0. The van der Waals surface area contributed by atoms with Gasteiger partial charge in [0.05, 0.1) is 10.1 Å². The van der Waals surface area contributed by atoms with Crippen LogP contribution in [-0.4, -0.2) is 30.0 Å². The fourth-order valence-electron chi connectivity index (χ4n) is 2.44. The van der Waals surface area contributed by atoms with Crippen molar-refractivity contribution in [2.24, 2.45) is 0 Å². The Balaban J connectivity index is 1.50. The van der Waals surface area contributed by atoms with Crippen molar-refractivity contribution < 1.29 is 23.1 Å². The van der Waals surface area contributed by atoms with Gasteiger partial charge < -0.3 is 10.1 Å². The van der Waals surface area contributed by atoms with Gasteiger partial charge in [-0.15, -0.1) is 23.5 Å². The van der Waals surface area contributed by atoms with Gasteiger partial charge >= 0.3 is 5.97 Å². The number of rotatable bonds is 5. The zero-order chi connectivity index (χ0) is 19.2. The van der Waals surface area contributed by atoms with Crippen molar-refractivity contribution in [3.05, 3.63) is 65.2 Å². The number of esters is 1. The third kappa shape index (κ3) is 5.46. The van der Waals surface area contributed by atoms with Gasteiger partial charge in [-0.1, -0.05) is 12.1 Å². The predicted molar refractivity (Wildman–Crippen MR) is 104 cm³/mol. The summed E-state index contributed by atoms with van der Waals surface area (Å²) < 4.78 is 31.3. The topological polar surface area (TPSA) is 55.4 Å². The van der Waals surface area contributed by atoms with Gasteiger partial charge in [0.2, 0.25) is 0 Å². The number of hydrogen-bond acceptors (Lipinski definition) is 5. The van der Waals surface area contributed by atoms with Crippen molar-refractivity contribution in [3.63, 3.8) is 0 Å². The maximum atomic E-state index is 13.1. The lowest BCUT2D eigenvalue weighted by molar-refractivity contribution is -0.119. The molecule has 4 nitrogen and oxygen atoms in total. The summed E-state index contributed by atoms with van der Waals surface area (Å²) in [7, 11) is 0. The molecule has 0 atom stereocenters. The first kappa shape index (κ1) is 19.7. The molecule has 1 heterocycles. The van der Waals surface area contributed by atoms with Gasteiger partial charge in [0.15, 0.2) is 18.2 Å². The molecule has 2 aromatic carbocycles. The van der Waals surface area contributed by atoms with Crippen molar-refractivity contribution in [1.29, 1.82) is 0 Å². The lowest BCUT2D eigenvalue weighted by Crippen LogP contribution is -2.21. The molecular weight excluding hydrogens is 392 g/mol. The van der Waals surface area contributed by atoms with Crippen LogP contribution in [0.25, 0.3) is 0 Å². The van der Waals surface area contributed by atoms with Crippen LogP contribution in [0.3, 0.4) is 0 Å². The Morgan fingerprint density at radius 2 is 1.74 bits per heavy atom. The van der Waals surface area contributed by atoms with Crippen LogP contribution in [0.15, 0.2) is 42.5 Å². The van der Waals surface area contributed by atoms with E-state index in [1.54, 1.807) is 12.1 Å². The molecule has 8 heteroatoms. The number of nitrogens with one attached hydrogen (secondary N) is 1. The minimum atomic E-state index is -1.07. The third-order valence-electron chi connectivity index (χ3n) is 3.78. The average molecular weight is 409 g/mol. The quantitative estimate of drug-likeness (QED) is 0.730. The minimum absolute atomic E-state index is 0.0850. The van der Waals surface area contributed by atoms with E-state index in [4.69, 9.17) is 4.74 Å². The van der Waals surface area contributed by atoms with Crippen LogP contribution < -0.4 is 5.32 Å². The molecule has 0 bridgehead atoms. The van der Waals surface area contributed by atoms with Crippen molar-refractivity contribution in [1.82, 2.24) is 0 Å². The molecule has 2 aromatic rings. The Kier molecular flexibility index (Phi) is 6.73. The summed E-state index contributed by atoms with van der Waals surface area (Å²) >= 11 is 3.78. The summed E-state index contributed by atoms with van der Waals surface area (Å²) in [5.41, 5.74) is 1.59. The Bertz CT molecular complexity index is 824. The number of halogens is 2. The molecule has 1 fully saturated rings. The van der Waals surface area contributed by atoms with Gasteiger partial charge in [-0.25, -0.2) is 13.6 Å². The molecule has 27 heavy (non-hydrogen) atoms. The molecule has 0 unspecified atom stereocenters. The van der Waals surface area contributed by atoms with E-state index in [2.05, 4.69) is 5.32 Å². The van der Waals surface area contributed by atoms with Crippen molar-refractivity contribution in [3.8, 4) is 0 Å². The number of anilines is 1. The summed E-state index contributed by atoms with van der Waals surface area (Å²) in [6.07, 6.45) is 1.21. The molecule has 1 aliphatic rings. The second kappa shape index (κ2) is 9.23. The van der Waals surface area contributed by atoms with Crippen molar-refractivity contribution in [2.45, 2.75) is 11.0 Å². The zero-order valence-electron chi connectivity index (χ0n) is 14.2. The largest absolute Gasteiger partial charge is 0.452 e. The molecule has 0 aromatic heterocycles. The zero-order valence-corrected chi connectivity index (χ0v) is 15.9. The van der Waals surface area contributed by atoms with E-state index >= 15 is 0 Å². The number of carbonyl (C=O) groups excluding carboxylic acids is 2. The second-order valence-electron chi connectivity index (χ2n) is 5.80. The lowest BCUT2D eigenvalue weighted by atomic mass is 10.1. The highest BCUT2D eigenvalue weighted by Gasteiger charge is 2.17. The summed E-state index contributed by atoms with van der Waals surface area (Å²) in [5, 5.41) is 2.34. The molecule has 1 amide bonds. The molecule has 1 aliphatic heterocycles. The number of thioether (sulfide) groups is 2. The van der Waals surface area contributed by atoms with Gasteiger partial charge in [-0.2, -0.15) is 0 Å². The second-order valence-corrected chi connectivity index (χ2v) is 8.53. The SMILES string of the molecule is O=C(COC(=O)c1ccc(C2SCCCS2)cc1)Nc1ccc(F)c(F)c1. The maximum absolute atomic E-state index is 13.1. The van der Waals surface area contributed by atoms with Gasteiger partial charge in [-0.05, 0) is 47.8 Å². The molecule has 3 rings (SSSR count). The summed E-state index contributed by atoms with van der Waals surface area (Å²) in [6.45, 7) is -0.520. The lowest BCUT2D eigenvalue weighted by Gasteiger charge is -2.21. The van der Waals surface area contributed by atoms with Crippen LogP contribution in [0.5, 0.6) is 0 Å². The van der Waals surface area contributed by atoms with Crippen LogP contribution in [0.2, 0.25) is 0 Å². The number of amides is 1. The Morgan fingerprint density at radius 1 is 1.04 bits per heavy atom. The molecule has 0 radical (unpaired) electrons. The number of benzene rings is 2. The predicted octanol–water partition coefficient (Wildman–Crippen LogP) is 4.63. The highest BCUT2D eigenvalue weighted by molar-refractivity contribution is 8.16. The van der Waals surface area contributed by atoms with E-state index in [1.165, 1.54) is 12.5 Å². The van der Waals surface area contributed by atoms with Crippen LogP contribution in [0.1, 0.15) is 26.9 Å². The van der Waals surface area contributed by atoms with Gasteiger partial charge in [0.25, 0.3) is 5.91 Å². The van der Waals surface area contributed by atoms with Gasteiger partial charge in [0, 0.05) is 11.8 Å². The van der Waals surface area contributed by atoms with E-state index in [0.717, 1.165) is 29.2 Å². The highest BCUT2D eigenvalue weighted by atomic mass is 32.2. The number of carbonyl (C=O) groups is 2. The van der Waals surface area contributed by atoms with E-state index in [-0.39, 0.29) is 5.69 Å². The fraction of sp³-hybridized carbons (Fsp3) is 0.263. The molecule has 1 N–H and O–H groups in total. The number of hydrogen-bond donors (Lipinski definition) is 1. The van der Waals surface area contributed by atoms with Crippen LogP contribution in [0.4, 0.5) is 14.5 Å². The van der Waals surface area contributed by atoms with Crippen molar-refractivity contribution >= 4 is 41.1 Å². The highest BCUT2D eigenvalue weighted by Crippen LogP contribution is 2.43. The first-order valence-corrected chi connectivity index (χ1v) is 10.4. The maximum Gasteiger partial charge on any atom is 0.338 e. The van der Waals surface area contributed by atoms with Crippen LogP contribution in [0, 0.1) is 11.6 Å². The molecule has 142 valence electrons. The van der Waals surface area contributed by atoms with E-state index in [0.29, 0.717) is 10.1 Å². The van der Waals surface area contributed by atoms with E-state index in [1.807, 2.05) is 35.7 Å². The van der Waals surface area contributed by atoms with E-state index < -0.39 is 30.1 Å². The molecule has 1 saturated heterocycles. The fourth-order valence-corrected chi connectivity index (χ4v) is 5.34. The van der Waals surface area contributed by atoms with Gasteiger partial charge in [-0.3, -0.25) is 4.79 Å². The third-order valence-corrected chi connectivity index (χ3v) is 6.80. The summed E-state index contributed by atoms with van der Waals surface area (Å²) in [5.74, 6) is -1.07. The van der Waals surface area contributed by atoms with Crippen molar-refractivity contribution in [2.75, 3.05) is 23.4 Å². The van der Waals surface area contributed by atoms with Crippen LogP contribution >= 0.6 is 23.5 Å².